The molecule has 3 aromatic rings. The lowest BCUT2D eigenvalue weighted by Gasteiger charge is -2.14. The number of aromatic nitrogens is 2. The van der Waals surface area contributed by atoms with Gasteiger partial charge in [0.2, 0.25) is 0 Å². The number of allylic oxidation sites excluding steroid dienone is 1. The number of para-hydroxylation sites is 1. The highest BCUT2D eigenvalue weighted by atomic mass is 32.2. The number of nitro groups is 1. The number of thioether (sulfide) groups is 1. The molecule has 0 aliphatic rings. The summed E-state index contributed by atoms with van der Waals surface area (Å²) in [5.41, 5.74) is 1.09. The summed E-state index contributed by atoms with van der Waals surface area (Å²) in [5, 5.41) is 21.1. The first-order valence-electron chi connectivity index (χ1n) is 9.07. The smallest absolute Gasteiger partial charge is 0.269 e. The van der Waals surface area contributed by atoms with Crippen LogP contribution in [0.3, 0.4) is 0 Å². The van der Waals surface area contributed by atoms with Crippen LogP contribution in [0.15, 0.2) is 64.6 Å². The van der Waals surface area contributed by atoms with Gasteiger partial charge in [0, 0.05) is 29.7 Å². The highest BCUT2D eigenvalue weighted by Crippen LogP contribution is 2.34. The van der Waals surface area contributed by atoms with Gasteiger partial charge in [0.15, 0.2) is 5.16 Å². The third-order valence-corrected chi connectivity index (χ3v) is 5.39. The van der Waals surface area contributed by atoms with E-state index in [4.69, 9.17) is 0 Å². The van der Waals surface area contributed by atoms with Crippen LogP contribution >= 0.6 is 11.8 Å². The van der Waals surface area contributed by atoms with Gasteiger partial charge in [0.1, 0.15) is 0 Å². The van der Waals surface area contributed by atoms with E-state index in [-0.39, 0.29) is 11.2 Å². The fourth-order valence-electron chi connectivity index (χ4n) is 2.82. The quantitative estimate of drug-likeness (QED) is 0.184. The molecule has 0 saturated carbocycles. The lowest BCUT2D eigenvalue weighted by atomic mass is 10.2. The molecule has 29 heavy (non-hydrogen) atoms. The first kappa shape index (κ1) is 20.3. The van der Waals surface area contributed by atoms with Gasteiger partial charge in [-0.15, -0.1) is 0 Å². The molecule has 0 bridgehead atoms. The maximum absolute atomic E-state index is 13.0. The van der Waals surface area contributed by atoms with Crippen molar-refractivity contribution in [1.29, 1.82) is 5.26 Å². The third kappa shape index (κ3) is 4.52. The molecule has 0 fully saturated rings. The monoisotopic (exact) mass is 406 g/mol. The predicted octanol–water partition coefficient (Wildman–Crippen LogP) is 4.76. The molecular formula is C21H18N4O3S. The van der Waals surface area contributed by atoms with Crippen LogP contribution in [0.5, 0.6) is 0 Å². The molecule has 0 amide bonds. The van der Waals surface area contributed by atoms with Gasteiger partial charge in [-0.05, 0) is 36.2 Å². The second-order valence-electron chi connectivity index (χ2n) is 6.27. The number of non-ortho nitro benzene ring substituents is 1. The molecular weight excluding hydrogens is 388 g/mol. The van der Waals surface area contributed by atoms with E-state index in [1.165, 1.54) is 30.0 Å². The SMILES string of the molecule is CCCCn1c(S/C(=C\C#N)c2ccc([N+](=O)[O-])cc2)nc2ccccc2c1=O. The molecule has 146 valence electrons. The summed E-state index contributed by atoms with van der Waals surface area (Å²) < 4.78 is 1.63. The Morgan fingerprint density at radius 1 is 1.28 bits per heavy atom. The van der Waals surface area contributed by atoms with E-state index in [2.05, 4.69) is 4.98 Å². The van der Waals surface area contributed by atoms with Crippen molar-refractivity contribution in [1.82, 2.24) is 9.55 Å². The Bertz CT molecular complexity index is 1180. The largest absolute Gasteiger partial charge is 0.287 e. The summed E-state index contributed by atoms with van der Waals surface area (Å²) in [7, 11) is 0. The summed E-state index contributed by atoms with van der Waals surface area (Å²) >= 11 is 1.21. The second-order valence-corrected chi connectivity index (χ2v) is 7.27. The van der Waals surface area contributed by atoms with Crippen molar-refractivity contribution in [3.63, 3.8) is 0 Å². The molecule has 0 aliphatic carbocycles. The summed E-state index contributed by atoms with van der Waals surface area (Å²) in [6.07, 6.45) is 3.10. The number of nitriles is 1. The molecule has 0 atom stereocenters. The molecule has 0 unspecified atom stereocenters. The maximum Gasteiger partial charge on any atom is 0.269 e. The fraction of sp³-hybridized carbons (Fsp3) is 0.190. The normalized spacial score (nSPS) is 11.4. The molecule has 0 N–H and O–H groups in total. The van der Waals surface area contributed by atoms with E-state index >= 15 is 0 Å². The van der Waals surface area contributed by atoms with Gasteiger partial charge in [0.25, 0.3) is 11.2 Å². The van der Waals surface area contributed by atoms with Crippen molar-refractivity contribution < 1.29 is 4.92 Å². The Balaban J connectivity index is 2.07. The standard InChI is InChI=1S/C21H18N4O3S/c1-2-3-14-24-20(26)17-6-4-5-7-18(17)23-21(24)29-19(12-13-22)15-8-10-16(11-9-15)25(27)28/h4-12H,2-3,14H2,1H3/b19-12-. The van der Waals surface area contributed by atoms with Crippen molar-refractivity contribution in [3.05, 3.63) is 80.6 Å². The first-order valence-corrected chi connectivity index (χ1v) is 9.89. The van der Waals surface area contributed by atoms with Crippen molar-refractivity contribution >= 4 is 33.3 Å². The van der Waals surface area contributed by atoms with Crippen LogP contribution in [-0.2, 0) is 6.54 Å². The zero-order chi connectivity index (χ0) is 20.8. The lowest BCUT2D eigenvalue weighted by Crippen LogP contribution is -2.23. The van der Waals surface area contributed by atoms with E-state index in [0.29, 0.717) is 33.1 Å². The van der Waals surface area contributed by atoms with Gasteiger partial charge in [-0.3, -0.25) is 19.5 Å². The van der Waals surface area contributed by atoms with Crippen LogP contribution in [-0.4, -0.2) is 14.5 Å². The molecule has 8 heteroatoms. The van der Waals surface area contributed by atoms with Crippen molar-refractivity contribution in [3.8, 4) is 6.07 Å². The zero-order valence-corrected chi connectivity index (χ0v) is 16.6. The maximum atomic E-state index is 13.0. The third-order valence-electron chi connectivity index (χ3n) is 4.32. The highest BCUT2D eigenvalue weighted by Gasteiger charge is 2.15. The van der Waals surface area contributed by atoms with E-state index in [1.54, 1.807) is 34.9 Å². The van der Waals surface area contributed by atoms with E-state index < -0.39 is 4.92 Å². The highest BCUT2D eigenvalue weighted by molar-refractivity contribution is 8.08. The number of rotatable bonds is 7. The minimum Gasteiger partial charge on any atom is -0.287 e. The van der Waals surface area contributed by atoms with Crippen LogP contribution in [0, 0.1) is 21.4 Å². The predicted molar refractivity (Wildman–Crippen MR) is 113 cm³/mol. The van der Waals surface area contributed by atoms with Crippen molar-refractivity contribution in [2.24, 2.45) is 0 Å². The Kier molecular flexibility index (Phi) is 6.42. The summed E-state index contributed by atoms with van der Waals surface area (Å²) in [4.78, 5) is 28.6. The van der Waals surface area contributed by atoms with Gasteiger partial charge in [0.05, 0.1) is 21.9 Å². The summed E-state index contributed by atoms with van der Waals surface area (Å²) in [5.74, 6) is 0. The fourth-order valence-corrected chi connectivity index (χ4v) is 3.81. The number of nitro benzene ring substituents is 1. The van der Waals surface area contributed by atoms with Crippen molar-refractivity contribution in [2.45, 2.75) is 31.5 Å². The number of unbranched alkanes of at least 4 members (excludes halogenated alkanes) is 1. The van der Waals surface area contributed by atoms with Crippen LogP contribution in [0.25, 0.3) is 15.8 Å². The van der Waals surface area contributed by atoms with Gasteiger partial charge in [-0.1, -0.05) is 37.2 Å². The molecule has 2 aromatic carbocycles. The minimum absolute atomic E-state index is 0.0289. The van der Waals surface area contributed by atoms with Gasteiger partial charge >= 0.3 is 0 Å². The van der Waals surface area contributed by atoms with Gasteiger partial charge < -0.3 is 0 Å². The Labute approximate surface area is 171 Å². The molecule has 1 heterocycles. The van der Waals surface area contributed by atoms with Crippen molar-refractivity contribution in [2.75, 3.05) is 0 Å². The van der Waals surface area contributed by atoms with Crippen LogP contribution < -0.4 is 5.56 Å². The Morgan fingerprint density at radius 2 is 2.00 bits per heavy atom. The average Bonchev–Trinajstić information content (AvgIpc) is 2.73. The molecule has 3 rings (SSSR count). The topological polar surface area (TPSA) is 102 Å². The average molecular weight is 406 g/mol. The van der Waals surface area contributed by atoms with E-state index in [9.17, 15) is 20.2 Å². The molecule has 7 nitrogen and oxygen atoms in total. The van der Waals surface area contributed by atoms with E-state index in [1.807, 2.05) is 19.1 Å². The van der Waals surface area contributed by atoms with Gasteiger partial charge in [-0.25, -0.2) is 4.98 Å². The Hall–Kier alpha value is -3.44. The second kappa shape index (κ2) is 9.17. The molecule has 0 spiro atoms. The minimum atomic E-state index is -0.474. The zero-order valence-electron chi connectivity index (χ0n) is 15.7. The molecule has 0 radical (unpaired) electrons. The van der Waals surface area contributed by atoms with E-state index in [0.717, 1.165) is 12.8 Å². The Morgan fingerprint density at radius 3 is 2.66 bits per heavy atom. The number of hydrogen-bond acceptors (Lipinski definition) is 6. The number of benzene rings is 2. The van der Waals surface area contributed by atoms with Crippen LogP contribution in [0.2, 0.25) is 0 Å². The molecule has 0 saturated heterocycles. The molecule has 0 aliphatic heterocycles. The number of fused-ring (bicyclic) bond motifs is 1. The summed E-state index contributed by atoms with van der Waals surface area (Å²) in [6, 6.07) is 15.1. The first-order chi connectivity index (χ1) is 14.0. The lowest BCUT2D eigenvalue weighted by molar-refractivity contribution is -0.384. The summed E-state index contributed by atoms with van der Waals surface area (Å²) in [6.45, 7) is 2.57. The number of nitrogens with zero attached hydrogens (tertiary/aromatic N) is 4. The number of hydrogen-bond donors (Lipinski definition) is 0. The van der Waals surface area contributed by atoms with Crippen LogP contribution in [0.4, 0.5) is 5.69 Å². The van der Waals surface area contributed by atoms with Gasteiger partial charge in [-0.2, -0.15) is 5.26 Å². The van der Waals surface area contributed by atoms with Crippen LogP contribution in [0.1, 0.15) is 25.3 Å². The molecule has 1 aromatic heterocycles.